The monoisotopic (exact) mass is 312 g/mol. The fourth-order valence-electron chi connectivity index (χ4n) is 2.06. The van der Waals surface area contributed by atoms with E-state index in [1.807, 2.05) is 18.7 Å². The largest absolute Gasteiger partial charge is 0.382 e. The van der Waals surface area contributed by atoms with Crippen molar-refractivity contribution >= 4 is 17.2 Å². The van der Waals surface area contributed by atoms with Gasteiger partial charge in [-0.2, -0.15) is 4.39 Å². The van der Waals surface area contributed by atoms with Crippen molar-refractivity contribution in [1.82, 2.24) is 0 Å². The molecule has 122 valence electrons. The average Bonchev–Trinajstić information content (AvgIpc) is 2.49. The lowest BCUT2D eigenvalue weighted by Crippen LogP contribution is -2.33. The smallest absolute Gasteiger partial charge is 0.304 e. The highest BCUT2D eigenvalue weighted by molar-refractivity contribution is 5.81. The van der Waals surface area contributed by atoms with Crippen LogP contribution in [0.2, 0.25) is 0 Å². The normalized spacial score (nSPS) is 14.3. The van der Waals surface area contributed by atoms with Gasteiger partial charge in [0.05, 0.1) is 4.92 Å². The van der Waals surface area contributed by atoms with Gasteiger partial charge >= 0.3 is 5.69 Å². The van der Waals surface area contributed by atoms with Crippen LogP contribution in [0.5, 0.6) is 0 Å². The first kappa shape index (κ1) is 18.0. The van der Waals surface area contributed by atoms with Gasteiger partial charge in [-0.3, -0.25) is 14.9 Å². The lowest BCUT2D eigenvalue weighted by Gasteiger charge is -2.27. The van der Waals surface area contributed by atoms with Crippen LogP contribution in [-0.4, -0.2) is 37.0 Å². The lowest BCUT2D eigenvalue weighted by molar-refractivity contribution is -0.387. The number of halogens is 1. The number of anilines is 1. The molecule has 1 aromatic carbocycles. The standard InChI is InChI=1S/C11H11FN2O3.C4H10O/c12-10-7-8(1-2-11(10)14(16)17)13-5-3-9(15)4-6-13;1-3-5-4-2/h1-2,7H,3-6H2;3-4H2,1-2H3. The Morgan fingerprint density at radius 3 is 2.27 bits per heavy atom. The molecule has 0 unspecified atom stereocenters. The SMILES string of the molecule is CCOCC.O=C1CCN(c2ccc([N+](=O)[O-])c(F)c2)CC1. The molecule has 0 radical (unpaired) electrons. The summed E-state index contributed by atoms with van der Waals surface area (Å²) >= 11 is 0. The predicted molar refractivity (Wildman–Crippen MR) is 81.7 cm³/mol. The molecule has 0 atom stereocenters. The predicted octanol–water partition coefficient (Wildman–Crippen LogP) is 2.95. The van der Waals surface area contributed by atoms with Crippen LogP contribution >= 0.6 is 0 Å². The molecule has 0 bridgehead atoms. The van der Waals surface area contributed by atoms with E-state index in [4.69, 9.17) is 4.74 Å². The molecule has 1 heterocycles. The van der Waals surface area contributed by atoms with E-state index in [1.54, 1.807) is 0 Å². The number of nitro benzene ring substituents is 1. The third-order valence-corrected chi connectivity index (χ3v) is 3.22. The van der Waals surface area contributed by atoms with Crippen LogP contribution in [0.15, 0.2) is 18.2 Å². The van der Waals surface area contributed by atoms with Gasteiger partial charge in [0.25, 0.3) is 0 Å². The quantitative estimate of drug-likeness (QED) is 0.631. The van der Waals surface area contributed by atoms with E-state index >= 15 is 0 Å². The second-order valence-corrected chi connectivity index (χ2v) is 4.70. The van der Waals surface area contributed by atoms with E-state index < -0.39 is 16.4 Å². The number of benzene rings is 1. The molecule has 0 aromatic heterocycles. The van der Waals surface area contributed by atoms with Gasteiger partial charge in [0.2, 0.25) is 5.82 Å². The molecule has 2 rings (SSSR count). The average molecular weight is 312 g/mol. The molecule has 22 heavy (non-hydrogen) atoms. The van der Waals surface area contributed by atoms with Crippen LogP contribution in [0.4, 0.5) is 15.8 Å². The third-order valence-electron chi connectivity index (χ3n) is 3.22. The van der Waals surface area contributed by atoms with E-state index in [2.05, 4.69) is 0 Å². The van der Waals surface area contributed by atoms with Gasteiger partial charge in [-0.25, -0.2) is 0 Å². The zero-order chi connectivity index (χ0) is 16.5. The number of carbonyl (C=O) groups excluding carboxylic acids is 1. The number of hydrogen-bond acceptors (Lipinski definition) is 5. The Kier molecular flexibility index (Phi) is 7.45. The zero-order valence-corrected chi connectivity index (χ0v) is 12.9. The van der Waals surface area contributed by atoms with E-state index in [1.165, 1.54) is 6.07 Å². The first-order valence-electron chi connectivity index (χ1n) is 7.27. The maximum Gasteiger partial charge on any atom is 0.304 e. The van der Waals surface area contributed by atoms with Crippen molar-refractivity contribution < 1.29 is 18.8 Å². The van der Waals surface area contributed by atoms with Crippen LogP contribution in [0, 0.1) is 15.9 Å². The van der Waals surface area contributed by atoms with Crippen LogP contribution < -0.4 is 4.90 Å². The van der Waals surface area contributed by atoms with Crippen LogP contribution in [0.25, 0.3) is 0 Å². The molecular weight excluding hydrogens is 291 g/mol. The Morgan fingerprint density at radius 1 is 1.27 bits per heavy atom. The fourth-order valence-corrected chi connectivity index (χ4v) is 2.06. The summed E-state index contributed by atoms with van der Waals surface area (Å²) in [6, 6.07) is 3.81. The van der Waals surface area contributed by atoms with E-state index in [0.717, 1.165) is 25.3 Å². The molecule has 0 N–H and O–H groups in total. The highest BCUT2D eigenvalue weighted by Gasteiger charge is 2.20. The van der Waals surface area contributed by atoms with E-state index in [-0.39, 0.29) is 5.78 Å². The molecule has 7 heteroatoms. The summed E-state index contributed by atoms with van der Waals surface area (Å²) in [6.45, 7) is 6.74. The van der Waals surface area contributed by atoms with Gasteiger partial charge in [-0.05, 0) is 19.9 Å². The molecule has 1 aliphatic heterocycles. The van der Waals surface area contributed by atoms with Crippen molar-refractivity contribution in [3.8, 4) is 0 Å². The topological polar surface area (TPSA) is 72.7 Å². The summed E-state index contributed by atoms with van der Waals surface area (Å²) in [5.41, 5.74) is 0.0578. The van der Waals surface area contributed by atoms with Crippen molar-refractivity contribution in [2.24, 2.45) is 0 Å². The lowest BCUT2D eigenvalue weighted by atomic mass is 10.1. The highest BCUT2D eigenvalue weighted by atomic mass is 19.1. The number of Topliss-reactive ketones (excluding diaryl/α,β-unsaturated/α-hetero) is 1. The number of piperidine rings is 1. The summed E-state index contributed by atoms with van der Waals surface area (Å²) in [5, 5.41) is 10.5. The van der Waals surface area contributed by atoms with E-state index in [9.17, 15) is 19.3 Å². The molecule has 1 aliphatic rings. The number of rotatable bonds is 4. The Morgan fingerprint density at radius 2 is 1.86 bits per heavy atom. The fraction of sp³-hybridized carbons (Fsp3) is 0.533. The molecule has 1 saturated heterocycles. The highest BCUT2D eigenvalue weighted by Crippen LogP contribution is 2.25. The Hall–Kier alpha value is -2.02. The van der Waals surface area contributed by atoms with Gasteiger partial charge in [0, 0.05) is 57.0 Å². The molecule has 0 amide bonds. The molecule has 0 spiro atoms. The van der Waals surface area contributed by atoms with Gasteiger partial charge in [0.15, 0.2) is 0 Å². The Labute approximate surface area is 129 Å². The minimum Gasteiger partial charge on any atom is -0.382 e. The third kappa shape index (κ3) is 5.40. The number of ketones is 1. The second kappa shape index (κ2) is 9.09. The van der Waals surface area contributed by atoms with Gasteiger partial charge in [-0.1, -0.05) is 0 Å². The number of ether oxygens (including phenoxy) is 1. The number of nitrogens with zero attached hydrogens (tertiary/aromatic N) is 2. The van der Waals surface area contributed by atoms with Crippen LogP contribution in [-0.2, 0) is 9.53 Å². The summed E-state index contributed by atoms with van der Waals surface area (Å²) < 4.78 is 18.2. The molecule has 6 nitrogen and oxygen atoms in total. The van der Waals surface area contributed by atoms with Crippen molar-refractivity contribution in [2.75, 3.05) is 31.2 Å². The van der Waals surface area contributed by atoms with Crippen molar-refractivity contribution in [3.05, 3.63) is 34.1 Å². The van der Waals surface area contributed by atoms with Crippen molar-refractivity contribution in [3.63, 3.8) is 0 Å². The summed E-state index contributed by atoms with van der Waals surface area (Å²) in [6.07, 6.45) is 0.886. The number of carbonyl (C=O) groups is 1. The molecule has 1 aromatic rings. The Bertz CT molecular complexity index is 510. The molecule has 0 aliphatic carbocycles. The summed E-state index contributed by atoms with van der Waals surface area (Å²) in [4.78, 5) is 22.6. The number of nitro groups is 1. The summed E-state index contributed by atoms with van der Waals surface area (Å²) in [5.74, 6) is -0.645. The zero-order valence-electron chi connectivity index (χ0n) is 12.9. The summed E-state index contributed by atoms with van der Waals surface area (Å²) in [7, 11) is 0. The first-order valence-corrected chi connectivity index (χ1v) is 7.27. The Balaban J connectivity index is 0.000000422. The maximum absolute atomic E-state index is 13.4. The van der Waals surface area contributed by atoms with Crippen LogP contribution in [0.3, 0.4) is 0 Å². The molecular formula is C15H21FN2O4. The second-order valence-electron chi connectivity index (χ2n) is 4.70. The minimum absolute atomic E-state index is 0.198. The van der Waals surface area contributed by atoms with Gasteiger partial charge in [-0.15, -0.1) is 0 Å². The van der Waals surface area contributed by atoms with Gasteiger partial charge in [0.1, 0.15) is 5.78 Å². The first-order chi connectivity index (χ1) is 10.5. The van der Waals surface area contributed by atoms with Crippen molar-refractivity contribution in [1.29, 1.82) is 0 Å². The van der Waals surface area contributed by atoms with E-state index in [0.29, 0.717) is 31.6 Å². The van der Waals surface area contributed by atoms with Crippen LogP contribution in [0.1, 0.15) is 26.7 Å². The molecule has 0 saturated carbocycles. The maximum atomic E-state index is 13.4. The number of hydrogen-bond donors (Lipinski definition) is 0. The van der Waals surface area contributed by atoms with Gasteiger partial charge < -0.3 is 9.64 Å². The molecule has 1 fully saturated rings. The minimum atomic E-state index is -0.843. The van der Waals surface area contributed by atoms with Crippen molar-refractivity contribution in [2.45, 2.75) is 26.7 Å².